The summed E-state index contributed by atoms with van der Waals surface area (Å²) in [5.74, 6) is 0.282. The quantitative estimate of drug-likeness (QED) is 0.904. The zero-order valence-corrected chi connectivity index (χ0v) is 14.2. The van der Waals surface area contributed by atoms with E-state index in [9.17, 15) is 9.59 Å². The number of benzene rings is 2. The Bertz CT molecular complexity index is 820. The number of amides is 2. The van der Waals surface area contributed by atoms with Gasteiger partial charge < -0.3 is 15.0 Å². The molecule has 124 valence electrons. The molecule has 0 aliphatic carbocycles. The van der Waals surface area contributed by atoms with Gasteiger partial charge in [-0.25, -0.2) is 0 Å². The summed E-state index contributed by atoms with van der Waals surface area (Å²) < 4.78 is 5.57. The van der Waals surface area contributed by atoms with Gasteiger partial charge in [0.15, 0.2) is 0 Å². The number of nitrogens with one attached hydrogen (secondary N) is 1. The Labute approximate surface area is 145 Å². The third-order valence-corrected chi connectivity index (χ3v) is 4.46. The highest BCUT2D eigenvalue weighted by molar-refractivity contribution is 6.31. The van der Waals surface area contributed by atoms with E-state index in [2.05, 4.69) is 5.32 Å². The first-order valence-electron chi connectivity index (χ1n) is 7.57. The van der Waals surface area contributed by atoms with Crippen LogP contribution in [0.25, 0.3) is 0 Å². The van der Waals surface area contributed by atoms with Crippen LogP contribution >= 0.6 is 11.6 Å². The molecule has 1 N–H and O–H groups in total. The summed E-state index contributed by atoms with van der Waals surface area (Å²) in [5.41, 5.74) is 2.49. The first-order valence-corrected chi connectivity index (χ1v) is 7.95. The van der Waals surface area contributed by atoms with E-state index in [4.69, 9.17) is 16.3 Å². The first-order chi connectivity index (χ1) is 11.5. The number of rotatable bonds is 2. The number of anilines is 2. The number of hydrogen-bond acceptors (Lipinski definition) is 3. The summed E-state index contributed by atoms with van der Waals surface area (Å²) in [4.78, 5) is 26.0. The van der Waals surface area contributed by atoms with Crippen molar-refractivity contribution in [3.05, 3.63) is 52.5 Å². The van der Waals surface area contributed by atoms with E-state index >= 15 is 0 Å². The zero-order chi connectivity index (χ0) is 17.3. The lowest BCUT2D eigenvalue weighted by atomic mass is 10.1. The lowest BCUT2D eigenvalue weighted by molar-refractivity contribution is -0.118. The highest BCUT2D eigenvalue weighted by atomic mass is 35.5. The maximum absolute atomic E-state index is 12.5. The van der Waals surface area contributed by atoms with E-state index in [1.165, 1.54) is 4.90 Å². The summed E-state index contributed by atoms with van der Waals surface area (Å²) in [6.07, 6.45) is 0.314. The van der Waals surface area contributed by atoms with Crippen molar-refractivity contribution in [1.29, 1.82) is 0 Å². The fraction of sp³-hybridized carbons (Fsp3) is 0.222. The van der Waals surface area contributed by atoms with Crippen molar-refractivity contribution in [3.8, 4) is 5.75 Å². The highest BCUT2D eigenvalue weighted by Crippen LogP contribution is 2.32. The van der Waals surface area contributed by atoms with Crippen LogP contribution in [-0.4, -0.2) is 25.5 Å². The van der Waals surface area contributed by atoms with E-state index in [1.54, 1.807) is 43.4 Å². The smallest absolute Gasteiger partial charge is 0.255 e. The second-order valence-corrected chi connectivity index (χ2v) is 6.01. The molecule has 2 aromatic carbocycles. The molecule has 6 heteroatoms. The monoisotopic (exact) mass is 344 g/mol. The maximum Gasteiger partial charge on any atom is 0.255 e. The molecule has 1 heterocycles. The minimum absolute atomic E-state index is 0.0445. The van der Waals surface area contributed by atoms with Crippen molar-refractivity contribution in [2.45, 2.75) is 13.3 Å². The molecule has 0 atom stereocenters. The molecule has 1 aliphatic heterocycles. The molecule has 0 unspecified atom stereocenters. The Kier molecular flexibility index (Phi) is 4.44. The van der Waals surface area contributed by atoms with E-state index in [0.29, 0.717) is 40.7 Å². The van der Waals surface area contributed by atoms with Crippen LogP contribution in [0.5, 0.6) is 5.75 Å². The van der Waals surface area contributed by atoms with Crippen molar-refractivity contribution >= 4 is 34.8 Å². The van der Waals surface area contributed by atoms with E-state index < -0.39 is 0 Å². The van der Waals surface area contributed by atoms with Gasteiger partial charge in [-0.2, -0.15) is 0 Å². The molecule has 0 bridgehead atoms. The molecule has 2 amide bonds. The predicted octanol–water partition coefficient (Wildman–Crippen LogP) is 3.65. The van der Waals surface area contributed by atoms with Crippen molar-refractivity contribution in [3.63, 3.8) is 0 Å². The fourth-order valence-electron chi connectivity index (χ4n) is 2.53. The van der Waals surface area contributed by atoms with Gasteiger partial charge in [-0.1, -0.05) is 17.7 Å². The average Bonchev–Trinajstić information content (AvgIpc) is 2.71. The molecule has 5 nitrogen and oxygen atoms in total. The van der Waals surface area contributed by atoms with Gasteiger partial charge in [0.05, 0.1) is 18.7 Å². The van der Waals surface area contributed by atoms with Gasteiger partial charge in [-0.15, -0.1) is 0 Å². The van der Waals surface area contributed by atoms with Crippen molar-refractivity contribution in [2.24, 2.45) is 0 Å². The van der Waals surface area contributed by atoms with E-state index in [-0.39, 0.29) is 11.8 Å². The van der Waals surface area contributed by atoms with Gasteiger partial charge in [0.2, 0.25) is 5.91 Å². The molecule has 0 saturated heterocycles. The summed E-state index contributed by atoms with van der Waals surface area (Å²) in [5, 5.41) is 3.44. The van der Waals surface area contributed by atoms with Crippen LogP contribution in [0.4, 0.5) is 11.4 Å². The Morgan fingerprint density at radius 1 is 1.29 bits per heavy atom. The number of nitrogens with zero attached hydrogens (tertiary/aromatic N) is 1. The average molecular weight is 345 g/mol. The summed E-state index contributed by atoms with van der Waals surface area (Å²) in [6.45, 7) is 2.18. The molecule has 1 aliphatic rings. The highest BCUT2D eigenvalue weighted by Gasteiger charge is 2.21. The number of fused-ring (bicyclic) bond motifs is 1. The Hall–Kier alpha value is -2.53. The largest absolute Gasteiger partial charge is 0.491 e. The molecule has 0 radical (unpaired) electrons. The number of carbonyl (C=O) groups is 2. The molecular weight excluding hydrogens is 328 g/mol. The number of carbonyl (C=O) groups excluding carboxylic acids is 2. The van der Waals surface area contributed by atoms with Gasteiger partial charge in [0.25, 0.3) is 5.91 Å². The Morgan fingerprint density at radius 3 is 2.88 bits per heavy atom. The second-order valence-electron chi connectivity index (χ2n) is 5.60. The molecule has 24 heavy (non-hydrogen) atoms. The van der Waals surface area contributed by atoms with Gasteiger partial charge in [-0.3, -0.25) is 9.59 Å². The summed E-state index contributed by atoms with van der Waals surface area (Å²) >= 11 is 6.08. The maximum atomic E-state index is 12.5. The van der Waals surface area contributed by atoms with Gasteiger partial charge in [0, 0.05) is 23.3 Å². The van der Waals surface area contributed by atoms with Crippen molar-refractivity contribution < 1.29 is 14.3 Å². The minimum atomic E-state index is -0.270. The van der Waals surface area contributed by atoms with Gasteiger partial charge >= 0.3 is 0 Å². The minimum Gasteiger partial charge on any atom is -0.491 e. The number of hydrogen-bond donors (Lipinski definition) is 1. The summed E-state index contributed by atoms with van der Waals surface area (Å²) in [7, 11) is 1.68. The van der Waals surface area contributed by atoms with Crippen LogP contribution < -0.4 is 15.0 Å². The second kappa shape index (κ2) is 6.53. The third kappa shape index (κ3) is 3.08. The van der Waals surface area contributed by atoms with Crippen molar-refractivity contribution in [1.82, 2.24) is 0 Å². The standard InChI is InChI=1S/C18H17ClN2O3/c1-11-13(19)4-3-5-14(11)20-18(23)12-6-7-16-15(10-12)21(2)17(22)8-9-24-16/h3-7,10H,8-9H2,1-2H3,(H,20,23). The molecule has 0 saturated carbocycles. The molecule has 0 aromatic heterocycles. The Balaban J connectivity index is 1.90. The predicted molar refractivity (Wildman–Crippen MR) is 94.1 cm³/mol. The van der Waals surface area contributed by atoms with Crippen LogP contribution in [0.15, 0.2) is 36.4 Å². The zero-order valence-electron chi connectivity index (χ0n) is 13.4. The normalized spacial score (nSPS) is 13.8. The SMILES string of the molecule is Cc1c(Cl)cccc1NC(=O)c1ccc2c(c1)N(C)C(=O)CCO2. The first kappa shape index (κ1) is 16.3. The molecule has 2 aromatic rings. The lowest BCUT2D eigenvalue weighted by Crippen LogP contribution is -2.25. The van der Waals surface area contributed by atoms with E-state index in [0.717, 1.165) is 5.56 Å². The number of halogens is 1. The Morgan fingerprint density at radius 2 is 2.08 bits per heavy atom. The number of ether oxygens (including phenoxy) is 1. The van der Waals surface area contributed by atoms with Crippen LogP contribution in [0.3, 0.4) is 0 Å². The van der Waals surface area contributed by atoms with Gasteiger partial charge in [0.1, 0.15) is 5.75 Å². The van der Waals surface area contributed by atoms with Crippen LogP contribution in [0.1, 0.15) is 22.3 Å². The molecule has 0 spiro atoms. The molecule has 3 rings (SSSR count). The summed E-state index contributed by atoms with van der Waals surface area (Å²) in [6, 6.07) is 10.4. The van der Waals surface area contributed by atoms with Crippen LogP contribution in [-0.2, 0) is 4.79 Å². The van der Waals surface area contributed by atoms with Gasteiger partial charge in [-0.05, 0) is 42.8 Å². The van der Waals surface area contributed by atoms with E-state index in [1.807, 2.05) is 6.92 Å². The topological polar surface area (TPSA) is 58.6 Å². The molecule has 0 fully saturated rings. The lowest BCUT2D eigenvalue weighted by Gasteiger charge is -2.17. The third-order valence-electron chi connectivity index (χ3n) is 4.05. The van der Waals surface area contributed by atoms with Crippen LogP contribution in [0, 0.1) is 6.92 Å². The molecular formula is C18H17ClN2O3. The van der Waals surface area contributed by atoms with Crippen LogP contribution in [0.2, 0.25) is 5.02 Å². The van der Waals surface area contributed by atoms with Crippen molar-refractivity contribution in [2.75, 3.05) is 23.9 Å². The fourth-order valence-corrected chi connectivity index (χ4v) is 2.71.